The Bertz CT molecular complexity index is 1900. The number of fused-ring (bicyclic) bond motifs is 1. The summed E-state index contributed by atoms with van der Waals surface area (Å²) < 4.78 is 35.0. The largest absolute Gasteiger partial charge is 0.434 e. The Balaban J connectivity index is 1.15. The van der Waals surface area contributed by atoms with Gasteiger partial charge in [0.15, 0.2) is 5.65 Å². The number of hydrogen-bond acceptors (Lipinski definition) is 10. The van der Waals surface area contributed by atoms with Crippen LogP contribution in [0.1, 0.15) is 37.0 Å². The standard InChI is InChI=1S/C36H46F2N10O4S/c1-24(2)53-26-6-7-30(52-36(37)38)27(18-26)33-29(41-35(51)28-19-40-48-11-5-10-39-34(28)48)21-47(42-33)23-32(50)46-16-14-45(15-17-46)20-25-8-12-44(13-9-25)22-31(49)43(3)4/h5-7,10-11,18-19,21,24-25,36H,8-9,12-17,20,22-23H2,1-4H3,(H,41,51). The number of anilines is 1. The number of aromatic nitrogens is 5. The van der Waals surface area contributed by atoms with Gasteiger partial charge >= 0.3 is 6.61 Å². The van der Waals surface area contributed by atoms with Crippen molar-refractivity contribution < 1.29 is 27.9 Å². The number of halogens is 2. The van der Waals surface area contributed by atoms with Crippen LogP contribution in [0.3, 0.4) is 0 Å². The Hall–Kier alpha value is -4.61. The van der Waals surface area contributed by atoms with Crippen LogP contribution >= 0.6 is 11.8 Å². The second-order valence-corrected chi connectivity index (χ2v) is 15.5. The number of ether oxygens (including phenoxy) is 1. The van der Waals surface area contributed by atoms with Crippen LogP contribution in [0.5, 0.6) is 5.75 Å². The summed E-state index contributed by atoms with van der Waals surface area (Å²) in [7, 11) is 3.56. The molecule has 3 aromatic heterocycles. The number of piperazine rings is 1. The monoisotopic (exact) mass is 752 g/mol. The average Bonchev–Trinajstić information content (AvgIpc) is 3.73. The number of nitrogens with one attached hydrogen (secondary N) is 1. The highest BCUT2D eigenvalue weighted by Gasteiger charge is 2.28. The molecule has 3 amide bonds. The molecule has 2 aliphatic heterocycles. The van der Waals surface area contributed by atoms with Gasteiger partial charge in [0.05, 0.1) is 18.4 Å². The van der Waals surface area contributed by atoms with Crippen molar-refractivity contribution in [3.05, 3.63) is 54.6 Å². The molecule has 2 saturated heterocycles. The lowest BCUT2D eigenvalue weighted by molar-refractivity contribution is -0.134. The van der Waals surface area contributed by atoms with Crippen molar-refractivity contribution in [2.24, 2.45) is 5.92 Å². The molecule has 0 saturated carbocycles. The number of amides is 3. The van der Waals surface area contributed by atoms with Crippen molar-refractivity contribution in [2.45, 2.75) is 50.0 Å². The predicted octanol–water partition coefficient (Wildman–Crippen LogP) is 3.89. The number of benzene rings is 1. The van der Waals surface area contributed by atoms with Gasteiger partial charge in [-0.25, -0.2) is 9.50 Å². The van der Waals surface area contributed by atoms with Crippen molar-refractivity contribution in [3.8, 4) is 17.0 Å². The molecule has 5 heterocycles. The van der Waals surface area contributed by atoms with E-state index in [1.165, 1.54) is 39.4 Å². The van der Waals surface area contributed by atoms with E-state index in [1.54, 1.807) is 49.6 Å². The van der Waals surface area contributed by atoms with Crippen molar-refractivity contribution >= 4 is 40.8 Å². The molecule has 17 heteroatoms. The van der Waals surface area contributed by atoms with E-state index in [9.17, 15) is 23.2 Å². The summed E-state index contributed by atoms with van der Waals surface area (Å²) in [6, 6.07) is 6.56. The molecule has 0 bridgehead atoms. The van der Waals surface area contributed by atoms with Crippen LogP contribution in [0, 0.1) is 5.92 Å². The van der Waals surface area contributed by atoms with Crippen LogP contribution in [-0.4, -0.2) is 140 Å². The van der Waals surface area contributed by atoms with Crippen LogP contribution in [0.15, 0.2) is 53.9 Å². The zero-order valence-electron chi connectivity index (χ0n) is 30.5. The van der Waals surface area contributed by atoms with Gasteiger partial charge in [0.2, 0.25) is 11.8 Å². The van der Waals surface area contributed by atoms with E-state index < -0.39 is 12.5 Å². The van der Waals surface area contributed by atoms with E-state index in [0.29, 0.717) is 31.2 Å². The summed E-state index contributed by atoms with van der Waals surface area (Å²) in [5, 5.41) is 11.9. The van der Waals surface area contributed by atoms with Crippen molar-refractivity contribution in [1.29, 1.82) is 0 Å². The Labute approximate surface area is 311 Å². The second-order valence-electron chi connectivity index (χ2n) is 13.9. The van der Waals surface area contributed by atoms with E-state index in [-0.39, 0.29) is 51.9 Å². The van der Waals surface area contributed by atoms with E-state index in [1.807, 2.05) is 18.7 Å². The highest BCUT2D eigenvalue weighted by molar-refractivity contribution is 7.99. The summed E-state index contributed by atoms with van der Waals surface area (Å²) in [5.74, 6) is -0.110. The first-order valence-corrected chi connectivity index (χ1v) is 18.7. The Morgan fingerprint density at radius 3 is 2.49 bits per heavy atom. The fourth-order valence-electron chi connectivity index (χ4n) is 6.65. The quantitative estimate of drug-likeness (QED) is 0.201. The Morgan fingerprint density at radius 1 is 1.04 bits per heavy atom. The van der Waals surface area contributed by atoms with E-state index in [0.717, 1.165) is 50.5 Å². The average molecular weight is 753 g/mol. The summed E-state index contributed by atoms with van der Waals surface area (Å²) in [6.45, 7) is 6.69. The SMILES string of the molecule is CC(C)Sc1ccc(OC(F)F)c(-c2nn(CC(=O)N3CCN(CC4CCN(CC(=O)N(C)C)CC4)CC3)cc2NC(=O)c2cnn3cccnc23)c1. The van der Waals surface area contributed by atoms with Crippen LogP contribution in [-0.2, 0) is 16.1 Å². The van der Waals surface area contributed by atoms with Gasteiger partial charge in [-0.1, -0.05) is 13.8 Å². The maximum absolute atomic E-state index is 13.6. The summed E-state index contributed by atoms with van der Waals surface area (Å²) in [5.41, 5.74) is 1.19. The lowest BCUT2D eigenvalue weighted by Crippen LogP contribution is -2.51. The number of likely N-dealkylation sites (N-methyl/N-ethyl adjacent to an activating group) is 1. The Morgan fingerprint density at radius 2 is 1.79 bits per heavy atom. The number of hydrogen-bond donors (Lipinski definition) is 1. The van der Waals surface area contributed by atoms with Gasteiger partial charge in [0.25, 0.3) is 5.91 Å². The highest BCUT2D eigenvalue weighted by atomic mass is 32.2. The first kappa shape index (κ1) is 38.1. The lowest BCUT2D eigenvalue weighted by Gasteiger charge is -2.38. The minimum absolute atomic E-state index is 0.110. The molecule has 0 radical (unpaired) electrons. The van der Waals surface area contributed by atoms with E-state index >= 15 is 0 Å². The molecule has 2 aliphatic rings. The molecule has 0 unspecified atom stereocenters. The molecule has 6 rings (SSSR count). The smallest absolute Gasteiger partial charge is 0.387 e. The molecule has 14 nitrogen and oxygen atoms in total. The zero-order chi connectivity index (χ0) is 37.6. The maximum atomic E-state index is 13.6. The van der Waals surface area contributed by atoms with Gasteiger partial charge in [0.1, 0.15) is 23.6 Å². The molecule has 0 aliphatic carbocycles. The first-order valence-electron chi connectivity index (χ1n) is 17.8. The number of likely N-dealkylation sites (tertiary alicyclic amines) is 1. The number of rotatable bonds is 13. The third-order valence-electron chi connectivity index (χ3n) is 9.43. The first-order chi connectivity index (χ1) is 25.4. The molecule has 2 fully saturated rings. The molecular weight excluding hydrogens is 707 g/mol. The predicted molar refractivity (Wildman–Crippen MR) is 197 cm³/mol. The highest BCUT2D eigenvalue weighted by Crippen LogP contribution is 2.39. The zero-order valence-corrected chi connectivity index (χ0v) is 31.3. The minimum atomic E-state index is -3.09. The molecule has 53 heavy (non-hydrogen) atoms. The third kappa shape index (κ3) is 9.69. The molecular formula is C36H46F2N10O4S. The molecule has 0 atom stereocenters. The lowest BCUT2D eigenvalue weighted by atomic mass is 9.96. The maximum Gasteiger partial charge on any atom is 0.387 e. The van der Waals surface area contributed by atoms with Crippen LogP contribution in [0.25, 0.3) is 16.9 Å². The number of alkyl halides is 2. The van der Waals surface area contributed by atoms with Gasteiger partial charge in [-0.2, -0.15) is 19.0 Å². The van der Waals surface area contributed by atoms with E-state index in [2.05, 4.69) is 30.3 Å². The number of carbonyl (C=O) groups is 3. The molecule has 284 valence electrons. The van der Waals surface area contributed by atoms with Crippen molar-refractivity contribution in [3.63, 3.8) is 0 Å². The van der Waals surface area contributed by atoms with Gasteiger partial charge in [0, 0.05) is 81.1 Å². The number of nitrogens with zero attached hydrogens (tertiary/aromatic N) is 9. The van der Waals surface area contributed by atoms with Gasteiger partial charge in [-0.15, -0.1) is 11.8 Å². The number of carbonyl (C=O) groups excluding carboxylic acids is 3. The summed E-state index contributed by atoms with van der Waals surface area (Å²) >= 11 is 1.54. The van der Waals surface area contributed by atoms with Crippen molar-refractivity contribution in [2.75, 3.05) is 71.8 Å². The third-order valence-corrected chi connectivity index (χ3v) is 10.4. The minimum Gasteiger partial charge on any atom is -0.434 e. The topological polar surface area (TPSA) is 133 Å². The van der Waals surface area contributed by atoms with Crippen molar-refractivity contribution in [1.82, 2.24) is 44.0 Å². The molecule has 0 spiro atoms. The number of piperidine rings is 1. The van der Waals surface area contributed by atoms with Crippen LogP contribution in [0.2, 0.25) is 0 Å². The second kappa shape index (κ2) is 17.0. The van der Waals surface area contributed by atoms with E-state index in [4.69, 9.17) is 4.74 Å². The van der Waals surface area contributed by atoms with Gasteiger partial charge in [-0.05, 0) is 56.1 Å². The number of thioether (sulfide) groups is 1. The molecule has 1 aromatic carbocycles. The summed E-state index contributed by atoms with van der Waals surface area (Å²) in [4.78, 5) is 52.4. The van der Waals surface area contributed by atoms with Gasteiger partial charge < -0.3 is 19.9 Å². The normalized spacial score (nSPS) is 16.1. The molecule has 4 aromatic rings. The Kier molecular flexibility index (Phi) is 12.2. The fraction of sp³-hybridized carbons (Fsp3) is 0.500. The molecule has 1 N–H and O–H groups in total. The van der Waals surface area contributed by atoms with Gasteiger partial charge in [-0.3, -0.25) is 28.9 Å². The fourth-order valence-corrected chi connectivity index (χ4v) is 7.53. The van der Waals surface area contributed by atoms with Crippen LogP contribution in [0.4, 0.5) is 14.5 Å². The summed E-state index contributed by atoms with van der Waals surface area (Å²) in [6.07, 6.45) is 8.23. The van der Waals surface area contributed by atoms with Crippen LogP contribution < -0.4 is 10.1 Å².